The van der Waals surface area contributed by atoms with Gasteiger partial charge >= 0.3 is 11.9 Å². The van der Waals surface area contributed by atoms with Crippen LogP contribution in [0.15, 0.2) is 11.6 Å². The summed E-state index contributed by atoms with van der Waals surface area (Å²) in [5.41, 5.74) is 0.529. The minimum atomic E-state index is -0.915. The van der Waals surface area contributed by atoms with Crippen molar-refractivity contribution >= 4 is 11.9 Å². The molecule has 0 unspecified atom stereocenters. The average Bonchev–Trinajstić information content (AvgIpc) is 2.27. The van der Waals surface area contributed by atoms with E-state index in [1.165, 1.54) is 0 Å². The first-order chi connectivity index (χ1) is 7.99. The number of carbonyl (C=O) groups is 2. The molecule has 0 saturated carbocycles. The Labute approximate surface area is 102 Å². The maximum Gasteiger partial charge on any atom is 0.331 e. The Bertz CT molecular complexity index is 245. The predicted octanol–water partition coefficient (Wildman–Crippen LogP) is 2.31. The summed E-state index contributed by atoms with van der Waals surface area (Å²) < 4.78 is 4.50. The summed E-state index contributed by atoms with van der Waals surface area (Å²) in [6, 6.07) is 0. The standard InChI is InChI=1S/C8H14O2.C4H8O3/c1-3-5-6-7(4-2)8(9)10;1-2-7-3-4(5)6/h6H,3-5H2,1-2H3,(H,9,10);2-3H2,1H3,(H,5,6)/b7-6+;. The maximum absolute atomic E-state index is 10.4. The van der Waals surface area contributed by atoms with Crippen LogP contribution in [0.3, 0.4) is 0 Å². The summed E-state index contributed by atoms with van der Waals surface area (Å²) >= 11 is 0. The number of carboxylic acids is 2. The van der Waals surface area contributed by atoms with Gasteiger partial charge in [-0.05, 0) is 19.8 Å². The molecule has 100 valence electrons. The third-order valence-corrected chi connectivity index (χ3v) is 1.76. The van der Waals surface area contributed by atoms with Crippen molar-refractivity contribution in [2.24, 2.45) is 0 Å². The summed E-state index contributed by atoms with van der Waals surface area (Å²) in [6.07, 6.45) is 4.30. The van der Waals surface area contributed by atoms with Crippen LogP contribution in [0.1, 0.15) is 40.0 Å². The first-order valence-electron chi connectivity index (χ1n) is 5.71. The molecule has 0 bridgehead atoms. The third-order valence-electron chi connectivity index (χ3n) is 1.76. The second kappa shape index (κ2) is 12.7. The lowest BCUT2D eigenvalue weighted by Crippen LogP contribution is -2.05. The van der Waals surface area contributed by atoms with E-state index in [4.69, 9.17) is 10.2 Å². The first kappa shape index (κ1) is 18.0. The Kier molecular flexibility index (Phi) is 13.5. The third kappa shape index (κ3) is 14.6. The minimum Gasteiger partial charge on any atom is -0.480 e. The Morgan fingerprint density at radius 2 is 1.76 bits per heavy atom. The molecule has 0 radical (unpaired) electrons. The molecule has 2 N–H and O–H groups in total. The average molecular weight is 246 g/mol. The highest BCUT2D eigenvalue weighted by atomic mass is 16.5. The van der Waals surface area contributed by atoms with Gasteiger partial charge in [-0.25, -0.2) is 9.59 Å². The number of hydrogen-bond acceptors (Lipinski definition) is 3. The van der Waals surface area contributed by atoms with Gasteiger partial charge in [-0.3, -0.25) is 0 Å². The molecule has 0 aromatic heterocycles. The SMILES string of the molecule is CCC/C=C(\CC)C(=O)O.CCOCC(=O)O. The highest BCUT2D eigenvalue weighted by Crippen LogP contribution is 2.03. The van der Waals surface area contributed by atoms with Crippen LogP contribution in [0, 0.1) is 0 Å². The van der Waals surface area contributed by atoms with Gasteiger partial charge in [-0.15, -0.1) is 0 Å². The van der Waals surface area contributed by atoms with Crippen molar-refractivity contribution in [3.63, 3.8) is 0 Å². The Morgan fingerprint density at radius 3 is 2.00 bits per heavy atom. The fourth-order valence-corrected chi connectivity index (χ4v) is 0.891. The van der Waals surface area contributed by atoms with Crippen LogP contribution in [0.2, 0.25) is 0 Å². The smallest absolute Gasteiger partial charge is 0.331 e. The van der Waals surface area contributed by atoms with Crippen LogP contribution < -0.4 is 0 Å². The molecular formula is C12H22O5. The van der Waals surface area contributed by atoms with Crippen molar-refractivity contribution in [3.8, 4) is 0 Å². The quantitative estimate of drug-likeness (QED) is 0.673. The number of unbranched alkanes of at least 4 members (excludes halogenated alkanes) is 1. The molecule has 0 spiro atoms. The number of hydrogen-bond donors (Lipinski definition) is 2. The van der Waals surface area contributed by atoms with E-state index in [1.54, 1.807) is 13.0 Å². The Balaban J connectivity index is 0. The maximum atomic E-state index is 10.4. The van der Waals surface area contributed by atoms with Gasteiger partial charge < -0.3 is 14.9 Å². The van der Waals surface area contributed by atoms with Gasteiger partial charge in [-0.1, -0.05) is 26.3 Å². The van der Waals surface area contributed by atoms with Crippen LogP contribution in [-0.2, 0) is 14.3 Å². The molecule has 0 atom stereocenters. The highest BCUT2D eigenvalue weighted by Gasteiger charge is 2.01. The molecule has 0 amide bonds. The first-order valence-corrected chi connectivity index (χ1v) is 5.71. The molecule has 0 saturated heterocycles. The molecule has 0 heterocycles. The van der Waals surface area contributed by atoms with Gasteiger partial charge in [0.1, 0.15) is 6.61 Å². The van der Waals surface area contributed by atoms with Crippen molar-refractivity contribution in [2.75, 3.05) is 13.2 Å². The Hall–Kier alpha value is -1.36. The zero-order chi connectivity index (χ0) is 13.7. The van der Waals surface area contributed by atoms with Crippen LogP contribution in [0.25, 0.3) is 0 Å². The Morgan fingerprint density at radius 1 is 1.18 bits per heavy atom. The molecule has 0 aromatic carbocycles. The van der Waals surface area contributed by atoms with Crippen molar-refractivity contribution in [3.05, 3.63) is 11.6 Å². The summed E-state index contributed by atoms with van der Waals surface area (Å²) in [5, 5.41) is 16.5. The second-order valence-electron chi connectivity index (χ2n) is 3.21. The van der Waals surface area contributed by atoms with Crippen molar-refractivity contribution < 1.29 is 24.5 Å². The van der Waals surface area contributed by atoms with E-state index in [0.29, 0.717) is 18.6 Å². The van der Waals surface area contributed by atoms with E-state index in [0.717, 1.165) is 12.8 Å². The topological polar surface area (TPSA) is 83.8 Å². The van der Waals surface area contributed by atoms with Crippen molar-refractivity contribution in [2.45, 2.75) is 40.0 Å². The zero-order valence-corrected chi connectivity index (χ0v) is 10.7. The van der Waals surface area contributed by atoms with E-state index in [9.17, 15) is 9.59 Å². The summed E-state index contributed by atoms with van der Waals surface area (Å²) in [4.78, 5) is 20.0. The van der Waals surface area contributed by atoms with E-state index in [1.807, 2.05) is 13.8 Å². The van der Waals surface area contributed by atoms with Crippen LogP contribution in [0.4, 0.5) is 0 Å². The zero-order valence-electron chi connectivity index (χ0n) is 10.7. The number of rotatable bonds is 7. The van der Waals surface area contributed by atoms with Crippen LogP contribution in [-0.4, -0.2) is 35.4 Å². The van der Waals surface area contributed by atoms with Gasteiger partial charge in [0.05, 0.1) is 0 Å². The molecule has 0 aliphatic carbocycles. The lowest BCUT2D eigenvalue weighted by atomic mass is 10.1. The van der Waals surface area contributed by atoms with Crippen LogP contribution in [0.5, 0.6) is 0 Å². The minimum absolute atomic E-state index is 0.184. The summed E-state index contributed by atoms with van der Waals surface area (Å²) in [6.45, 7) is 5.92. The number of ether oxygens (including phenoxy) is 1. The monoisotopic (exact) mass is 246 g/mol. The molecule has 0 aliphatic heterocycles. The number of allylic oxidation sites excluding steroid dienone is 1. The van der Waals surface area contributed by atoms with Gasteiger partial charge in [0.25, 0.3) is 0 Å². The van der Waals surface area contributed by atoms with Gasteiger partial charge in [0.15, 0.2) is 0 Å². The lowest BCUT2D eigenvalue weighted by Gasteiger charge is -1.94. The van der Waals surface area contributed by atoms with E-state index >= 15 is 0 Å². The van der Waals surface area contributed by atoms with Gasteiger partial charge in [0, 0.05) is 12.2 Å². The van der Waals surface area contributed by atoms with Crippen LogP contribution >= 0.6 is 0 Å². The molecule has 0 aliphatic rings. The second-order valence-corrected chi connectivity index (χ2v) is 3.21. The van der Waals surface area contributed by atoms with Gasteiger partial charge in [0.2, 0.25) is 0 Å². The lowest BCUT2D eigenvalue weighted by molar-refractivity contribution is -0.142. The van der Waals surface area contributed by atoms with E-state index in [-0.39, 0.29) is 6.61 Å². The molecular weight excluding hydrogens is 224 g/mol. The predicted molar refractivity (Wildman–Crippen MR) is 65.0 cm³/mol. The molecule has 0 aromatic rings. The summed E-state index contributed by atoms with van der Waals surface area (Å²) in [5.74, 6) is -1.70. The fourth-order valence-electron chi connectivity index (χ4n) is 0.891. The molecule has 0 fully saturated rings. The fraction of sp³-hybridized carbons (Fsp3) is 0.667. The van der Waals surface area contributed by atoms with E-state index < -0.39 is 11.9 Å². The van der Waals surface area contributed by atoms with Crippen molar-refractivity contribution in [1.82, 2.24) is 0 Å². The molecule has 0 rings (SSSR count). The molecule has 5 heteroatoms. The molecule has 5 nitrogen and oxygen atoms in total. The number of carboxylic acid groups (broad SMARTS) is 2. The van der Waals surface area contributed by atoms with Gasteiger partial charge in [-0.2, -0.15) is 0 Å². The van der Waals surface area contributed by atoms with Crippen molar-refractivity contribution in [1.29, 1.82) is 0 Å². The normalized spacial score (nSPS) is 10.4. The van der Waals surface area contributed by atoms with E-state index in [2.05, 4.69) is 4.74 Å². The highest BCUT2D eigenvalue weighted by molar-refractivity contribution is 5.86. The largest absolute Gasteiger partial charge is 0.480 e. The number of aliphatic carboxylic acids is 2. The summed E-state index contributed by atoms with van der Waals surface area (Å²) in [7, 11) is 0. The molecule has 17 heavy (non-hydrogen) atoms.